The number of thiazole rings is 1. The zero-order valence-corrected chi connectivity index (χ0v) is 15.2. The van der Waals surface area contributed by atoms with Crippen LogP contribution in [-0.2, 0) is 11.2 Å². The Hall–Kier alpha value is -2.73. The van der Waals surface area contributed by atoms with E-state index in [1.165, 1.54) is 29.0 Å². The lowest BCUT2D eigenvalue weighted by atomic mass is 10.2. The fourth-order valence-electron chi connectivity index (χ4n) is 2.36. The van der Waals surface area contributed by atoms with Gasteiger partial charge in [-0.1, -0.05) is 29.8 Å². The SMILES string of the molecule is Cc1ccc(OCCNC(=O)Cc2csc(-c3cccc(F)c3)n2)cc1. The summed E-state index contributed by atoms with van der Waals surface area (Å²) in [5.74, 6) is 0.364. The molecule has 0 saturated carbocycles. The minimum absolute atomic E-state index is 0.117. The van der Waals surface area contributed by atoms with Gasteiger partial charge in [0, 0.05) is 10.9 Å². The molecule has 0 atom stereocenters. The van der Waals surface area contributed by atoms with E-state index in [1.807, 2.05) is 36.6 Å². The molecule has 134 valence electrons. The highest BCUT2D eigenvalue weighted by atomic mass is 32.1. The third kappa shape index (κ3) is 5.13. The highest BCUT2D eigenvalue weighted by Crippen LogP contribution is 2.24. The number of hydrogen-bond donors (Lipinski definition) is 1. The summed E-state index contributed by atoms with van der Waals surface area (Å²) in [5.41, 5.74) is 2.56. The molecule has 6 heteroatoms. The van der Waals surface area contributed by atoms with Crippen molar-refractivity contribution < 1.29 is 13.9 Å². The second-order valence-corrected chi connectivity index (χ2v) is 6.70. The number of aromatic nitrogens is 1. The van der Waals surface area contributed by atoms with E-state index in [0.717, 1.165) is 5.75 Å². The number of halogens is 1. The third-order valence-corrected chi connectivity index (χ3v) is 4.62. The van der Waals surface area contributed by atoms with Crippen LogP contribution in [0.4, 0.5) is 4.39 Å². The van der Waals surface area contributed by atoms with E-state index in [4.69, 9.17) is 4.74 Å². The van der Waals surface area contributed by atoms with E-state index < -0.39 is 0 Å². The Kier molecular flexibility index (Phi) is 5.96. The van der Waals surface area contributed by atoms with Gasteiger partial charge in [0.05, 0.1) is 18.7 Å². The molecule has 2 aromatic carbocycles. The van der Waals surface area contributed by atoms with Crippen molar-refractivity contribution in [1.29, 1.82) is 0 Å². The number of carbonyl (C=O) groups excluding carboxylic acids is 1. The molecule has 0 spiro atoms. The first-order valence-corrected chi connectivity index (χ1v) is 9.14. The number of nitrogens with zero attached hydrogens (tertiary/aromatic N) is 1. The Balaban J connectivity index is 1.44. The Morgan fingerprint density at radius 1 is 1.23 bits per heavy atom. The molecule has 1 heterocycles. The molecule has 0 aliphatic heterocycles. The first kappa shape index (κ1) is 18.1. The van der Waals surface area contributed by atoms with E-state index >= 15 is 0 Å². The first-order chi connectivity index (χ1) is 12.6. The molecule has 0 aliphatic carbocycles. The van der Waals surface area contributed by atoms with Crippen molar-refractivity contribution in [3.05, 3.63) is 71.0 Å². The average molecular weight is 370 g/mol. The van der Waals surface area contributed by atoms with Crippen LogP contribution < -0.4 is 10.1 Å². The second kappa shape index (κ2) is 8.58. The minimum atomic E-state index is -0.300. The summed E-state index contributed by atoms with van der Waals surface area (Å²) in [5, 5.41) is 5.34. The summed E-state index contributed by atoms with van der Waals surface area (Å²) in [7, 11) is 0. The van der Waals surface area contributed by atoms with Crippen LogP contribution in [0.5, 0.6) is 5.75 Å². The predicted octanol–water partition coefficient (Wildman–Crippen LogP) is 4.00. The van der Waals surface area contributed by atoms with Crippen molar-refractivity contribution in [1.82, 2.24) is 10.3 Å². The smallest absolute Gasteiger partial charge is 0.226 e. The molecule has 1 aromatic heterocycles. The third-order valence-electron chi connectivity index (χ3n) is 3.68. The molecule has 1 N–H and O–H groups in total. The number of carbonyl (C=O) groups is 1. The number of ether oxygens (including phenoxy) is 1. The Morgan fingerprint density at radius 2 is 2.04 bits per heavy atom. The zero-order chi connectivity index (χ0) is 18.4. The van der Waals surface area contributed by atoms with Crippen LogP contribution in [-0.4, -0.2) is 24.0 Å². The number of aryl methyl sites for hydroxylation is 1. The van der Waals surface area contributed by atoms with Crippen molar-refractivity contribution >= 4 is 17.2 Å². The molecule has 4 nitrogen and oxygen atoms in total. The fourth-order valence-corrected chi connectivity index (χ4v) is 3.18. The zero-order valence-electron chi connectivity index (χ0n) is 14.4. The van der Waals surface area contributed by atoms with Gasteiger partial charge in [-0.15, -0.1) is 11.3 Å². The number of benzene rings is 2. The predicted molar refractivity (Wildman–Crippen MR) is 101 cm³/mol. The van der Waals surface area contributed by atoms with E-state index in [-0.39, 0.29) is 18.1 Å². The lowest BCUT2D eigenvalue weighted by molar-refractivity contribution is -0.120. The summed E-state index contributed by atoms with van der Waals surface area (Å²) in [6, 6.07) is 14.0. The molecule has 0 saturated heterocycles. The van der Waals surface area contributed by atoms with Crippen molar-refractivity contribution in [2.45, 2.75) is 13.3 Å². The van der Waals surface area contributed by atoms with Crippen LogP contribution in [0.1, 0.15) is 11.3 Å². The highest BCUT2D eigenvalue weighted by Gasteiger charge is 2.09. The molecule has 26 heavy (non-hydrogen) atoms. The van der Waals surface area contributed by atoms with E-state index in [0.29, 0.717) is 29.4 Å². The van der Waals surface area contributed by atoms with Crippen LogP contribution in [0.3, 0.4) is 0 Å². The summed E-state index contributed by atoms with van der Waals surface area (Å²) in [6.45, 7) is 2.84. The van der Waals surface area contributed by atoms with Crippen molar-refractivity contribution in [3.63, 3.8) is 0 Å². The number of nitrogens with one attached hydrogen (secondary N) is 1. The number of rotatable bonds is 7. The Bertz CT molecular complexity index is 878. The lowest BCUT2D eigenvalue weighted by Crippen LogP contribution is -2.29. The summed E-state index contributed by atoms with van der Waals surface area (Å²) >= 11 is 1.40. The van der Waals surface area contributed by atoms with Crippen LogP contribution >= 0.6 is 11.3 Å². The van der Waals surface area contributed by atoms with Gasteiger partial charge in [0.15, 0.2) is 0 Å². The van der Waals surface area contributed by atoms with Gasteiger partial charge >= 0.3 is 0 Å². The average Bonchev–Trinajstić information content (AvgIpc) is 3.09. The Labute approximate surface area is 155 Å². The molecule has 3 aromatic rings. The quantitative estimate of drug-likeness (QED) is 0.640. The van der Waals surface area contributed by atoms with Crippen LogP contribution in [0, 0.1) is 12.7 Å². The second-order valence-electron chi connectivity index (χ2n) is 5.84. The van der Waals surface area contributed by atoms with E-state index in [1.54, 1.807) is 12.1 Å². The molecule has 0 radical (unpaired) electrons. The summed E-state index contributed by atoms with van der Waals surface area (Å²) in [4.78, 5) is 16.4. The van der Waals surface area contributed by atoms with Crippen LogP contribution in [0.2, 0.25) is 0 Å². The van der Waals surface area contributed by atoms with Crippen LogP contribution in [0.15, 0.2) is 53.9 Å². The highest BCUT2D eigenvalue weighted by molar-refractivity contribution is 7.13. The van der Waals surface area contributed by atoms with Crippen molar-refractivity contribution in [3.8, 4) is 16.3 Å². The molecular formula is C20H19FN2O2S. The normalized spacial score (nSPS) is 10.5. The molecule has 3 rings (SSSR count). The molecular weight excluding hydrogens is 351 g/mol. The van der Waals surface area contributed by atoms with Crippen molar-refractivity contribution in [2.24, 2.45) is 0 Å². The van der Waals surface area contributed by atoms with Gasteiger partial charge in [-0.25, -0.2) is 9.37 Å². The molecule has 1 amide bonds. The number of amides is 1. The van der Waals surface area contributed by atoms with Crippen molar-refractivity contribution in [2.75, 3.05) is 13.2 Å². The first-order valence-electron chi connectivity index (χ1n) is 8.27. The standard InChI is InChI=1S/C20H19FN2O2S/c1-14-5-7-18(8-6-14)25-10-9-22-19(24)12-17-13-26-20(23-17)15-3-2-4-16(21)11-15/h2-8,11,13H,9-10,12H2,1H3,(H,22,24). The van der Waals surface area contributed by atoms with Gasteiger partial charge in [-0.2, -0.15) is 0 Å². The molecule has 0 bridgehead atoms. The summed E-state index contributed by atoms with van der Waals surface area (Å²) in [6.07, 6.45) is 0.191. The lowest BCUT2D eigenvalue weighted by Gasteiger charge is -2.07. The van der Waals surface area contributed by atoms with Gasteiger partial charge < -0.3 is 10.1 Å². The van der Waals surface area contributed by atoms with Gasteiger partial charge in [0.1, 0.15) is 23.2 Å². The molecule has 0 fully saturated rings. The van der Waals surface area contributed by atoms with Gasteiger partial charge in [0.2, 0.25) is 5.91 Å². The largest absolute Gasteiger partial charge is 0.492 e. The Morgan fingerprint density at radius 3 is 2.81 bits per heavy atom. The maximum atomic E-state index is 13.3. The maximum Gasteiger partial charge on any atom is 0.226 e. The van der Waals surface area contributed by atoms with E-state index in [2.05, 4.69) is 10.3 Å². The van der Waals surface area contributed by atoms with Gasteiger partial charge in [-0.3, -0.25) is 4.79 Å². The molecule has 0 unspecified atom stereocenters. The topological polar surface area (TPSA) is 51.2 Å². The monoisotopic (exact) mass is 370 g/mol. The number of hydrogen-bond acceptors (Lipinski definition) is 4. The van der Waals surface area contributed by atoms with Gasteiger partial charge in [0.25, 0.3) is 0 Å². The minimum Gasteiger partial charge on any atom is -0.492 e. The van der Waals surface area contributed by atoms with Gasteiger partial charge in [-0.05, 0) is 31.2 Å². The van der Waals surface area contributed by atoms with E-state index in [9.17, 15) is 9.18 Å². The fraction of sp³-hybridized carbons (Fsp3) is 0.200. The molecule has 0 aliphatic rings. The summed E-state index contributed by atoms with van der Waals surface area (Å²) < 4.78 is 18.9. The maximum absolute atomic E-state index is 13.3. The van der Waals surface area contributed by atoms with Crippen LogP contribution in [0.25, 0.3) is 10.6 Å².